The molecule has 1 atom stereocenters. The molecule has 1 saturated heterocycles. The molecular weight excluding hydrogens is 424 g/mol. The number of hydrogen-bond acceptors (Lipinski definition) is 4. The zero-order valence-electron chi connectivity index (χ0n) is 18.3. The predicted octanol–water partition coefficient (Wildman–Crippen LogP) is 5.08. The van der Waals surface area contributed by atoms with Gasteiger partial charge in [-0.2, -0.15) is 5.10 Å². The molecule has 5 rings (SSSR count). The lowest BCUT2D eigenvalue weighted by molar-refractivity contribution is 0.102. The lowest BCUT2D eigenvalue weighted by Crippen LogP contribution is -2.40. The van der Waals surface area contributed by atoms with Gasteiger partial charge in [0.25, 0.3) is 5.91 Å². The van der Waals surface area contributed by atoms with E-state index in [2.05, 4.69) is 10.4 Å². The molecule has 1 aliphatic heterocycles. The van der Waals surface area contributed by atoms with Crippen LogP contribution in [0.3, 0.4) is 0 Å². The summed E-state index contributed by atoms with van der Waals surface area (Å²) in [5, 5.41) is 7.15. The third kappa shape index (κ3) is 3.71. The summed E-state index contributed by atoms with van der Waals surface area (Å²) < 4.78 is 30.2. The third-order valence-corrected chi connectivity index (χ3v) is 6.34. The highest BCUT2D eigenvalue weighted by Gasteiger charge is 2.41. The Kier molecular flexibility index (Phi) is 5.08. The van der Waals surface area contributed by atoms with Crippen molar-refractivity contribution in [1.82, 2.24) is 14.6 Å². The maximum atomic E-state index is 14.7. The van der Waals surface area contributed by atoms with Crippen LogP contribution in [0.2, 0.25) is 0 Å². The van der Waals surface area contributed by atoms with Gasteiger partial charge in [0.05, 0.1) is 11.7 Å². The number of amides is 1. The Labute approximate surface area is 189 Å². The average Bonchev–Trinajstić information content (AvgIpc) is 3.39. The number of nitrogens with one attached hydrogen (secondary N) is 1. The maximum Gasteiger partial charge on any atom is 0.255 e. The Hall–Kier alpha value is -3.81. The summed E-state index contributed by atoms with van der Waals surface area (Å²) in [4.78, 5) is 19.4. The number of aromatic nitrogens is 3. The Balaban J connectivity index is 1.50. The molecule has 4 aromatic rings. The van der Waals surface area contributed by atoms with Crippen molar-refractivity contribution >= 4 is 23.1 Å². The van der Waals surface area contributed by atoms with Crippen LogP contribution in [0.15, 0.2) is 60.9 Å². The molecule has 1 aliphatic rings. The van der Waals surface area contributed by atoms with E-state index in [-0.39, 0.29) is 5.91 Å². The molecule has 6 nitrogen and oxygen atoms in total. The fourth-order valence-corrected chi connectivity index (χ4v) is 4.52. The van der Waals surface area contributed by atoms with Crippen molar-refractivity contribution in [2.45, 2.75) is 32.2 Å². The van der Waals surface area contributed by atoms with Crippen molar-refractivity contribution in [1.29, 1.82) is 0 Å². The number of benzene rings is 2. The zero-order chi connectivity index (χ0) is 23.2. The third-order valence-electron chi connectivity index (χ3n) is 6.34. The van der Waals surface area contributed by atoms with Crippen LogP contribution in [0.1, 0.15) is 41.3 Å². The minimum absolute atomic E-state index is 0.259. The van der Waals surface area contributed by atoms with Crippen LogP contribution in [0.25, 0.3) is 5.65 Å². The predicted molar refractivity (Wildman–Crippen MR) is 122 cm³/mol. The van der Waals surface area contributed by atoms with E-state index in [0.717, 1.165) is 18.1 Å². The van der Waals surface area contributed by atoms with Gasteiger partial charge in [0.1, 0.15) is 23.1 Å². The fourth-order valence-electron chi connectivity index (χ4n) is 4.52. The van der Waals surface area contributed by atoms with E-state index in [0.29, 0.717) is 41.2 Å². The highest BCUT2D eigenvalue weighted by atomic mass is 19.1. The van der Waals surface area contributed by atoms with E-state index in [9.17, 15) is 13.6 Å². The largest absolute Gasteiger partial charge is 0.347 e. The quantitative estimate of drug-likeness (QED) is 0.474. The molecule has 0 saturated carbocycles. The molecule has 33 heavy (non-hydrogen) atoms. The second-order valence-electron chi connectivity index (χ2n) is 8.59. The molecular formula is C25H23F2N5O. The SMILES string of the molecule is Cc1ccc(C(=O)Nc2cnn3ccc(N4CCC[C@]4(C)c4cc(F)ccc4F)nc23)cc1. The van der Waals surface area contributed by atoms with E-state index in [4.69, 9.17) is 4.98 Å². The first-order chi connectivity index (χ1) is 15.8. The van der Waals surface area contributed by atoms with Crippen LogP contribution in [0.5, 0.6) is 0 Å². The topological polar surface area (TPSA) is 62.5 Å². The second-order valence-corrected chi connectivity index (χ2v) is 8.59. The monoisotopic (exact) mass is 447 g/mol. The number of halogens is 2. The first kappa shape index (κ1) is 21.1. The second kappa shape index (κ2) is 7.95. The van der Waals surface area contributed by atoms with Crippen LogP contribution in [0.4, 0.5) is 20.3 Å². The van der Waals surface area contributed by atoms with Crippen LogP contribution in [-0.2, 0) is 5.54 Å². The van der Waals surface area contributed by atoms with E-state index < -0.39 is 17.2 Å². The molecule has 0 unspecified atom stereocenters. The molecule has 8 heteroatoms. The number of hydrogen-bond donors (Lipinski definition) is 1. The Morgan fingerprint density at radius 1 is 1.12 bits per heavy atom. The molecule has 1 N–H and O–H groups in total. The number of carbonyl (C=O) groups excluding carboxylic acids is 1. The molecule has 0 aliphatic carbocycles. The van der Waals surface area contributed by atoms with Crippen molar-refractivity contribution in [2.75, 3.05) is 16.8 Å². The van der Waals surface area contributed by atoms with Crippen LogP contribution in [0, 0.1) is 18.6 Å². The van der Waals surface area contributed by atoms with Crippen LogP contribution < -0.4 is 10.2 Å². The standard InChI is InChI=1S/C25H23F2N5O/c1-16-4-6-17(7-5-16)24(33)29-21-15-28-32-13-10-22(30-23(21)32)31-12-3-11-25(31,2)19-14-18(26)8-9-20(19)27/h4-10,13-15H,3,11-12H2,1-2H3,(H,29,33)/t25-/m1/s1. The van der Waals surface area contributed by atoms with Gasteiger partial charge in [0.2, 0.25) is 0 Å². The summed E-state index contributed by atoms with van der Waals surface area (Å²) in [5.41, 5.74) is 2.11. The highest BCUT2D eigenvalue weighted by Crippen LogP contribution is 2.42. The minimum Gasteiger partial charge on any atom is -0.347 e. The summed E-state index contributed by atoms with van der Waals surface area (Å²) >= 11 is 0. The molecule has 3 heterocycles. The van der Waals surface area contributed by atoms with Gasteiger partial charge in [-0.3, -0.25) is 4.79 Å². The number of aryl methyl sites for hydroxylation is 1. The number of anilines is 2. The Morgan fingerprint density at radius 2 is 1.91 bits per heavy atom. The smallest absolute Gasteiger partial charge is 0.255 e. The fraction of sp³-hybridized carbons (Fsp3) is 0.240. The van der Waals surface area contributed by atoms with E-state index in [1.54, 1.807) is 35.1 Å². The average molecular weight is 447 g/mol. The summed E-state index contributed by atoms with van der Waals surface area (Å²) in [6.45, 7) is 4.51. The van der Waals surface area contributed by atoms with Gasteiger partial charge < -0.3 is 10.2 Å². The van der Waals surface area contributed by atoms with Gasteiger partial charge in [0, 0.05) is 23.9 Å². The lowest BCUT2D eigenvalue weighted by Gasteiger charge is -2.37. The summed E-state index contributed by atoms with van der Waals surface area (Å²) in [6, 6.07) is 12.6. The van der Waals surface area contributed by atoms with Crippen LogP contribution >= 0.6 is 0 Å². The summed E-state index contributed by atoms with van der Waals surface area (Å²) in [7, 11) is 0. The van der Waals surface area contributed by atoms with Gasteiger partial charge in [0.15, 0.2) is 5.65 Å². The summed E-state index contributed by atoms with van der Waals surface area (Å²) in [6.07, 6.45) is 4.78. The van der Waals surface area contributed by atoms with Gasteiger partial charge >= 0.3 is 0 Å². The molecule has 1 amide bonds. The molecule has 1 fully saturated rings. The van der Waals surface area contributed by atoms with E-state index >= 15 is 0 Å². The van der Waals surface area contributed by atoms with Crippen molar-refractivity contribution in [3.05, 3.63) is 89.2 Å². The lowest BCUT2D eigenvalue weighted by atomic mass is 9.88. The molecule has 0 spiro atoms. The summed E-state index contributed by atoms with van der Waals surface area (Å²) in [5.74, 6) is -0.565. The number of carbonyl (C=O) groups is 1. The Bertz CT molecular complexity index is 1350. The minimum atomic E-state index is -0.747. The van der Waals surface area contributed by atoms with E-state index in [1.165, 1.54) is 12.1 Å². The number of fused-ring (bicyclic) bond motifs is 1. The molecule has 2 aromatic carbocycles. The van der Waals surface area contributed by atoms with Gasteiger partial charge in [-0.05, 0) is 63.1 Å². The normalized spacial score (nSPS) is 18.1. The molecule has 168 valence electrons. The molecule has 0 radical (unpaired) electrons. The molecule has 2 aromatic heterocycles. The van der Waals surface area contributed by atoms with Gasteiger partial charge in [-0.15, -0.1) is 0 Å². The zero-order valence-corrected chi connectivity index (χ0v) is 18.3. The molecule has 0 bridgehead atoms. The number of nitrogens with zero attached hydrogens (tertiary/aromatic N) is 4. The van der Waals surface area contributed by atoms with Gasteiger partial charge in [-0.25, -0.2) is 18.3 Å². The van der Waals surface area contributed by atoms with Gasteiger partial charge in [-0.1, -0.05) is 17.7 Å². The van der Waals surface area contributed by atoms with E-state index in [1.807, 2.05) is 30.9 Å². The highest BCUT2D eigenvalue weighted by molar-refractivity contribution is 6.06. The first-order valence-corrected chi connectivity index (χ1v) is 10.8. The van der Waals surface area contributed by atoms with Crippen LogP contribution in [-0.4, -0.2) is 27.0 Å². The van der Waals surface area contributed by atoms with Crippen molar-refractivity contribution in [3.63, 3.8) is 0 Å². The van der Waals surface area contributed by atoms with Crippen molar-refractivity contribution in [2.24, 2.45) is 0 Å². The maximum absolute atomic E-state index is 14.7. The Morgan fingerprint density at radius 3 is 2.70 bits per heavy atom. The number of rotatable bonds is 4. The van der Waals surface area contributed by atoms with Crippen molar-refractivity contribution in [3.8, 4) is 0 Å². The van der Waals surface area contributed by atoms with Crippen molar-refractivity contribution < 1.29 is 13.6 Å². The first-order valence-electron chi connectivity index (χ1n) is 10.8.